The molecule has 0 saturated heterocycles. The molecule has 0 aliphatic heterocycles. The largest absolute Gasteiger partial charge is 0.380 e. The number of likely N-dealkylation sites (N-methyl/N-ethyl adjacent to an activating group) is 1. The van der Waals surface area contributed by atoms with E-state index in [1.807, 2.05) is 19.1 Å². The van der Waals surface area contributed by atoms with Crippen LogP contribution in [-0.2, 0) is 4.74 Å². The smallest absolute Gasteiger partial charge is 0.0593 e. The lowest BCUT2D eigenvalue weighted by atomic mass is 10.1. The van der Waals surface area contributed by atoms with Crippen LogP contribution in [0.3, 0.4) is 0 Å². The Labute approximate surface area is 125 Å². The van der Waals surface area contributed by atoms with Crippen LogP contribution in [0.1, 0.15) is 25.5 Å². The van der Waals surface area contributed by atoms with E-state index in [9.17, 15) is 0 Å². The first-order valence-corrected chi connectivity index (χ1v) is 7.36. The van der Waals surface area contributed by atoms with Crippen LogP contribution in [0, 0.1) is 0 Å². The number of hydrogen-bond acceptors (Lipinski definition) is 3. The second kappa shape index (κ2) is 8.77. The Morgan fingerprint density at radius 1 is 1.32 bits per heavy atom. The monoisotopic (exact) mass is 304 g/mol. The first-order valence-electron chi connectivity index (χ1n) is 6.60. The van der Waals surface area contributed by atoms with Crippen molar-refractivity contribution in [2.24, 2.45) is 5.73 Å². The number of ether oxygens (including phenoxy) is 1. The van der Waals surface area contributed by atoms with Crippen LogP contribution >= 0.6 is 23.2 Å². The second-order valence-electron chi connectivity index (χ2n) is 4.24. The van der Waals surface area contributed by atoms with Crippen molar-refractivity contribution in [2.45, 2.75) is 19.9 Å². The number of hydrogen-bond donors (Lipinski definition) is 1. The number of benzene rings is 1. The molecule has 0 amide bonds. The molecule has 19 heavy (non-hydrogen) atoms. The van der Waals surface area contributed by atoms with Gasteiger partial charge in [0, 0.05) is 35.8 Å². The average molecular weight is 305 g/mol. The SMILES string of the molecule is CCOCCN(CC)C(CN)c1ccc(Cl)cc1Cl. The lowest BCUT2D eigenvalue weighted by Gasteiger charge is -2.30. The summed E-state index contributed by atoms with van der Waals surface area (Å²) in [5, 5.41) is 1.31. The zero-order chi connectivity index (χ0) is 14.3. The van der Waals surface area contributed by atoms with Crippen molar-refractivity contribution in [1.82, 2.24) is 4.90 Å². The van der Waals surface area contributed by atoms with Gasteiger partial charge in [-0.25, -0.2) is 0 Å². The second-order valence-corrected chi connectivity index (χ2v) is 5.09. The zero-order valence-corrected chi connectivity index (χ0v) is 13.0. The molecule has 0 saturated carbocycles. The molecular formula is C14H22Cl2N2O. The highest BCUT2D eigenvalue weighted by Crippen LogP contribution is 2.29. The van der Waals surface area contributed by atoms with E-state index in [1.54, 1.807) is 6.07 Å². The van der Waals surface area contributed by atoms with Crippen LogP contribution in [0.25, 0.3) is 0 Å². The predicted molar refractivity (Wildman–Crippen MR) is 82.0 cm³/mol. The molecule has 0 bridgehead atoms. The zero-order valence-electron chi connectivity index (χ0n) is 11.5. The Morgan fingerprint density at radius 2 is 2.05 bits per heavy atom. The minimum absolute atomic E-state index is 0.0928. The summed E-state index contributed by atoms with van der Waals surface area (Å²) in [6, 6.07) is 5.65. The number of nitrogens with zero attached hydrogens (tertiary/aromatic N) is 1. The Kier molecular flexibility index (Phi) is 7.73. The topological polar surface area (TPSA) is 38.5 Å². The molecule has 1 rings (SSSR count). The minimum atomic E-state index is 0.0928. The van der Waals surface area contributed by atoms with Gasteiger partial charge in [-0.1, -0.05) is 36.2 Å². The molecule has 3 nitrogen and oxygen atoms in total. The van der Waals surface area contributed by atoms with E-state index in [2.05, 4.69) is 11.8 Å². The summed E-state index contributed by atoms with van der Waals surface area (Å²) in [5.74, 6) is 0. The molecule has 108 valence electrons. The highest BCUT2D eigenvalue weighted by Gasteiger charge is 2.20. The Morgan fingerprint density at radius 3 is 2.58 bits per heavy atom. The molecule has 0 fully saturated rings. The first-order chi connectivity index (χ1) is 9.13. The van der Waals surface area contributed by atoms with Crippen molar-refractivity contribution in [2.75, 3.05) is 32.8 Å². The molecule has 0 aromatic heterocycles. The average Bonchev–Trinajstić information content (AvgIpc) is 2.39. The summed E-state index contributed by atoms with van der Waals surface area (Å²) in [5.41, 5.74) is 6.94. The normalized spacial score (nSPS) is 12.9. The fraction of sp³-hybridized carbons (Fsp3) is 0.571. The summed E-state index contributed by atoms with van der Waals surface area (Å²) in [4.78, 5) is 2.27. The van der Waals surface area contributed by atoms with Crippen LogP contribution in [0.15, 0.2) is 18.2 Å². The molecule has 0 aliphatic carbocycles. The molecule has 0 radical (unpaired) electrons. The summed E-state index contributed by atoms with van der Waals surface area (Å²) >= 11 is 12.2. The Balaban J connectivity index is 2.84. The number of nitrogens with two attached hydrogens (primary N) is 1. The van der Waals surface area contributed by atoms with Gasteiger partial charge in [-0.3, -0.25) is 4.90 Å². The van der Waals surface area contributed by atoms with Crippen LogP contribution in [0.5, 0.6) is 0 Å². The molecular weight excluding hydrogens is 283 g/mol. The summed E-state index contributed by atoms with van der Waals surface area (Å²) < 4.78 is 5.41. The van der Waals surface area contributed by atoms with E-state index >= 15 is 0 Å². The molecule has 1 unspecified atom stereocenters. The first kappa shape index (κ1) is 16.7. The van der Waals surface area contributed by atoms with Crippen LogP contribution in [0.4, 0.5) is 0 Å². The molecule has 5 heteroatoms. The molecule has 0 aliphatic rings. The van der Waals surface area contributed by atoms with E-state index in [1.165, 1.54) is 0 Å². The third-order valence-corrected chi connectivity index (χ3v) is 3.68. The molecule has 2 N–H and O–H groups in total. The van der Waals surface area contributed by atoms with Gasteiger partial charge in [0.15, 0.2) is 0 Å². The van der Waals surface area contributed by atoms with Gasteiger partial charge in [-0.15, -0.1) is 0 Å². The van der Waals surface area contributed by atoms with E-state index in [-0.39, 0.29) is 6.04 Å². The third kappa shape index (κ3) is 4.93. The molecule has 0 heterocycles. The highest BCUT2D eigenvalue weighted by atomic mass is 35.5. The lowest BCUT2D eigenvalue weighted by molar-refractivity contribution is 0.0981. The summed E-state index contributed by atoms with van der Waals surface area (Å²) in [6.07, 6.45) is 0. The standard InChI is InChI=1S/C14H22Cl2N2O/c1-3-18(7-8-19-4-2)14(10-17)12-6-5-11(15)9-13(12)16/h5-6,9,14H,3-4,7-8,10,17H2,1-2H3. The van der Waals surface area contributed by atoms with Crippen molar-refractivity contribution in [3.8, 4) is 0 Å². The third-order valence-electron chi connectivity index (χ3n) is 3.12. The van der Waals surface area contributed by atoms with Crippen LogP contribution < -0.4 is 5.73 Å². The van der Waals surface area contributed by atoms with Gasteiger partial charge in [0.05, 0.1) is 6.61 Å². The Hall–Kier alpha value is -0.320. The highest BCUT2D eigenvalue weighted by molar-refractivity contribution is 6.35. The van der Waals surface area contributed by atoms with Crippen molar-refractivity contribution >= 4 is 23.2 Å². The molecule has 1 aromatic rings. The van der Waals surface area contributed by atoms with Gasteiger partial charge in [0.25, 0.3) is 0 Å². The maximum absolute atomic E-state index is 6.27. The van der Waals surface area contributed by atoms with Gasteiger partial charge in [-0.2, -0.15) is 0 Å². The van der Waals surface area contributed by atoms with Gasteiger partial charge < -0.3 is 10.5 Å². The maximum atomic E-state index is 6.27. The van der Waals surface area contributed by atoms with E-state index in [0.717, 1.165) is 25.3 Å². The minimum Gasteiger partial charge on any atom is -0.380 e. The predicted octanol–water partition coefficient (Wildman–Crippen LogP) is 3.35. The van der Waals surface area contributed by atoms with Crippen molar-refractivity contribution < 1.29 is 4.74 Å². The fourth-order valence-corrected chi connectivity index (χ4v) is 2.64. The summed E-state index contributed by atoms with van der Waals surface area (Å²) in [6.45, 7) is 7.78. The van der Waals surface area contributed by atoms with Gasteiger partial charge >= 0.3 is 0 Å². The van der Waals surface area contributed by atoms with Gasteiger partial charge in [0.2, 0.25) is 0 Å². The molecule has 1 atom stereocenters. The fourth-order valence-electron chi connectivity index (χ4n) is 2.10. The van der Waals surface area contributed by atoms with Crippen molar-refractivity contribution in [3.05, 3.63) is 33.8 Å². The Bertz CT molecular complexity index is 388. The maximum Gasteiger partial charge on any atom is 0.0593 e. The van der Waals surface area contributed by atoms with E-state index in [0.29, 0.717) is 23.2 Å². The molecule has 1 aromatic carbocycles. The molecule has 0 spiro atoms. The van der Waals surface area contributed by atoms with Crippen molar-refractivity contribution in [1.29, 1.82) is 0 Å². The lowest BCUT2D eigenvalue weighted by Crippen LogP contribution is -2.36. The summed E-state index contributed by atoms with van der Waals surface area (Å²) in [7, 11) is 0. The van der Waals surface area contributed by atoms with Gasteiger partial charge in [0.1, 0.15) is 0 Å². The quantitative estimate of drug-likeness (QED) is 0.749. The van der Waals surface area contributed by atoms with E-state index in [4.69, 9.17) is 33.7 Å². The number of rotatable bonds is 8. The van der Waals surface area contributed by atoms with Gasteiger partial charge in [-0.05, 0) is 31.2 Å². The van der Waals surface area contributed by atoms with Crippen LogP contribution in [-0.4, -0.2) is 37.7 Å². The van der Waals surface area contributed by atoms with Crippen molar-refractivity contribution in [3.63, 3.8) is 0 Å². The number of halogens is 2. The van der Waals surface area contributed by atoms with E-state index < -0.39 is 0 Å². The van der Waals surface area contributed by atoms with Crippen LogP contribution in [0.2, 0.25) is 10.0 Å².